The third kappa shape index (κ3) is 6.78. The van der Waals surface area contributed by atoms with Crippen LogP contribution in [0.25, 0.3) is 0 Å². The van der Waals surface area contributed by atoms with E-state index >= 15 is 0 Å². The van der Waals surface area contributed by atoms with E-state index in [0.29, 0.717) is 12.6 Å². The molecule has 0 amide bonds. The molecule has 9 heteroatoms. The molecule has 0 saturated heterocycles. The minimum atomic E-state index is 0. The molecule has 2 heterocycles. The molecule has 1 aliphatic heterocycles. The highest BCUT2D eigenvalue weighted by molar-refractivity contribution is 14.0. The van der Waals surface area contributed by atoms with Gasteiger partial charge in [0.05, 0.1) is 13.1 Å². The first-order valence-corrected chi connectivity index (χ1v) is 11.0. The van der Waals surface area contributed by atoms with E-state index in [4.69, 9.17) is 9.73 Å². The maximum Gasteiger partial charge on any atom is 0.191 e. The summed E-state index contributed by atoms with van der Waals surface area (Å²) in [6.07, 6.45) is 7.59. The molecule has 0 radical (unpaired) electrons. The zero-order valence-corrected chi connectivity index (χ0v) is 20.1. The van der Waals surface area contributed by atoms with Gasteiger partial charge in [0, 0.05) is 45.2 Å². The summed E-state index contributed by atoms with van der Waals surface area (Å²) in [6, 6.07) is 1.16. The molecule has 29 heavy (non-hydrogen) atoms. The van der Waals surface area contributed by atoms with Crippen molar-refractivity contribution in [1.82, 2.24) is 30.3 Å². The molecule has 0 aromatic carbocycles. The van der Waals surface area contributed by atoms with Crippen molar-refractivity contribution in [2.45, 2.75) is 70.7 Å². The SMILES string of the molecule is CCNC(=NCCN(CC1CC1)C1CC1)NC1CCc2nc(COC)nn2C1.I. The summed E-state index contributed by atoms with van der Waals surface area (Å²) in [5.41, 5.74) is 0. The number of methoxy groups -OCH3 is 1. The fraction of sp³-hybridized carbons (Fsp3) is 0.850. The van der Waals surface area contributed by atoms with Crippen LogP contribution < -0.4 is 10.6 Å². The lowest BCUT2D eigenvalue weighted by Gasteiger charge is -2.26. The summed E-state index contributed by atoms with van der Waals surface area (Å²) in [4.78, 5) is 12.1. The maximum atomic E-state index is 5.15. The zero-order valence-electron chi connectivity index (χ0n) is 17.8. The molecular weight excluding hydrogens is 481 g/mol. The molecule has 2 N–H and O–H groups in total. The minimum Gasteiger partial charge on any atom is -0.377 e. The predicted octanol–water partition coefficient (Wildman–Crippen LogP) is 1.79. The molecule has 8 nitrogen and oxygen atoms in total. The molecular formula is C20H36IN7O. The average Bonchev–Trinajstić information content (AvgIpc) is 3.59. The molecule has 1 atom stereocenters. The van der Waals surface area contributed by atoms with Gasteiger partial charge in [0.15, 0.2) is 11.8 Å². The Kier molecular flexibility index (Phi) is 8.55. The number of fused-ring (bicyclic) bond motifs is 1. The lowest BCUT2D eigenvalue weighted by molar-refractivity contribution is 0.177. The van der Waals surface area contributed by atoms with Crippen LogP contribution >= 0.6 is 24.0 Å². The van der Waals surface area contributed by atoms with E-state index in [1.165, 1.54) is 32.2 Å². The fourth-order valence-corrected chi connectivity index (χ4v) is 3.97. The highest BCUT2D eigenvalue weighted by Crippen LogP contribution is 2.34. The lowest BCUT2D eigenvalue weighted by Crippen LogP contribution is -2.47. The predicted molar refractivity (Wildman–Crippen MR) is 125 cm³/mol. The van der Waals surface area contributed by atoms with Crippen LogP contribution in [0.3, 0.4) is 0 Å². The number of rotatable bonds is 10. The van der Waals surface area contributed by atoms with Gasteiger partial charge in [-0.3, -0.25) is 9.89 Å². The molecule has 0 spiro atoms. The number of hydrogen-bond donors (Lipinski definition) is 2. The number of nitrogens with zero attached hydrogens (tertiary/aromatic N) is 5. The first-order chi connectivity index (χ1) is 13.7. The third-order valence-electron chi connectivity index (χ3n) is 5.77. The number of aromatic nitrogens is 3. The molecule has 164 valence electrons. The van der Waals surface area contributed by atoms with Crippen LogP contribution in [0.5, 0.6) is 0 Å². The third-order valence-corrected chi connectivity index (χ3v) is 5.77. The van der Waals surface area contributed by atoms with E-state index in [-0.39, 0.29) is 24.0 Å². The van der Waals surface area contributed by atoms with Gasteiger partial charge in [0.25, 0.3) is 0 Å². The van der Waals surface area contributed by atoms with Gasteiger partial charge in [0.1, 0.15) is 12.4 Å². The van der Waals surface area contributed by atoms with Crippen molar-refractivity contribution in [3.8, 4) is 0 Å². The Morgan fingerprint density at radius 1 is 1.28 bits per heavy atom. The Hall–Kier alpha value is -0.940. The number of nitrogens with one attached hydrogen (secondary N) is 2. The molecule has 3 aliphatic rings. The van der Waals surface area contributed by atoms with E-state index in [0.717, 1.165) is 68.6 Å². The number of aliphatic imine (C=N–C) groups is 1. The Balaban J connectivity index is 0.00000240. The Bertz CT molecular complexity index is 672. The van der Waals surface area contributed by atoms with Crippen molar-refractivity contribution in [3.05, 3.63) is 11.6 Å². The summed E-state index contributed by atoms with van der Waals surface area (Å²) in [5.74, 6) is 3.72. The van der Waals surface area contributed by atoms with Crippen LogP contribution in [0.15, 0.2) is 4.99 Å². The second-order valence-electron chi connectivity index (χ2n) is 8.37. The van der Waals surface area contributed by atoms with Crippen molar-refractivity contribution in [3.63, 3.8) is 0 Å². The van der Waals surface area contributed by atoms with Gasteiger partial charge in [-0.25, -0.2) is 9.67 Å². The normalized spacial score (nSPS) is 21.6. The van der Waals surface area contributed by atoms with Gasteiger partial charge in [-0.2, -0.15) is 5.10 Å². The molecule has 0 bridgehead atoms. The van der Waals surface area contributed by atoms with Crippen LogP contribution in [0.1, 0.15) is 50.7 Å². The second-order valence-corrected chi connectivity index (χ2v) is 8.37. The van der Waals surface area contributed by atoms with Gasteiger partial charge in [-0.1, -0.05) is 0 Å². The van der Waals surface area contributed by atoms with E-state index in [1.54, 1.807) is 7.11 Å². The summed E-state index contributed by atoms with van der Waals surface area (Å²) in [6.45, 7) is 7.51. The smallest absolute Gasteiger partial charge is 0.191 e. The Labute approximate surface area is 191 Å². The highest BCUT2D eigenvalue weighted by atomic mass is 127. The number of guanidine groups is 1. The van der Waals surface area contributed by atoms with Crippen molar-refractivity contribution >= 4 is 29.9 Å². The molecule has 2 saturated carbocycles. The molecule has 2 fully saturated rings. The van der Waals surface area contributed by atoms with E-state index in [9.17, 15) is 0 Å². The largest absolute Gasteiger partial charge is 0.377 e. The van der Waals surface area contributed by atoms with Crippen LogP contribution in [0, 0.1) is 5.92 Å². The van der Waals surface area contributed by atoms with Gasteiger partial charge in [-0.15, -0.1) is 24.0 Å². The van der Waals surface area contributed by atoms with Gasteiger partial charge in [-0.05, 0) is 44.9 Å². The Morgan fingerprint density at radius 2 is 2.10 bits per heavy atom. The van der Waals surface area contributed by atoms with E-state index < -0.39 is 0 Å². The first kappa shape index (κ1) is 22.7. The Morgan fingerprint density at radius 3 is 2.79 bits per heavy atom. The average molecular weight is 517 g/mol. The molecule has 1 aromatic rings. The summed E-state index contributed by atoms with van der Waals surface area (Å²) < 4.78 is 7.17. The lowest BCUT2D eigenvalue weighted by atomic mass is 10.1. The highest BCUT2D eigenvalue weighted by Gasteiger charge is 2.33. The topological polar surface area (TPSA) is 79.6 Å². The monoisotopic (exact) mass is 517 g/mol. The summed E-state index contributed by atoms with van der Waals surface area (Å²) in [7, 11) is 1.68. The zero-order chi connectivity index (χ0) is 19.3. The molecule has 4 rings (SSSR count). The van der Waals surface area contributed by atoms with Gasteiger partial charge >= 0.3 is 0 Å². The fourth-order valence-electron chi connectivity index (χ4n) is 3.97. The van der Waals surface area contributed by atoms with Crippen molar-refractivity contribution in [2.24, 2.45) is 10.9 Å². The number of aryl methyl sites for hydroxylation is 1. The van der Waals surface area contributed by atoms with Crippen LogP contribution in [-0.4, -0.2) is 71.0 Å². The second kappa shape index (κ2) is 10.9. The molecule has 2 aliphatic carbocycles. The minimum absolute atomic E-state index is 0. The van der Waals surface area contributed by atoms with Crippen LogP contribution in [-0.2, 0) is 24.3 Å². The van der Waals surface area contributed by atoms with Crippen LogP contribution in [0.4, 0.5) is 0 Å². The standard InChI is InChI=1S/C20H35N7O.HI/c1-3-21-20(22-10-11-26(17-7-8-17)12-15-4-5-15)23-16-6-9-19-24-18(14-28-2)25-27(19)13-16;/h15-17H,3-14H2,1-2H3,(H2,21,22,23);1H. The number of halogens is 1. The number of ether oxygens (including phenoxy) is 1. The first-order valence-electron chi connectivity index (χ1n) is 11.0. The quantitative estimate of drug-likeness (QED) is 0.280. The summed E-state index contributed by atoms with van der Waals surface area (Å²) in [5, 5.41) is 11.6. The molecule has 1 unspecified atom stereocenters. The van der Waals surface area contributed by atoms with Gasteiger partial charge < -0.3 is 15.4 Å². The summed E-state index contributed by atoms with van der Waals surface area (Å²) >= 11 is 0. The maximum absolute atomic E-state index is 5.15. The van der Waals surface area contributed by atoms with Crippen molar-refractivity contribution in [2.75, 3.05) is 33.3 Å². The van der Waals surface area contributed by atoms with Crippen molar-refractivity contribution in [1.29, 1.82) is 0 Å². The van der Waals surface area contributed by atoms with E-state index in [1.807, 2.05) is 4.68 Å². The number of hydrogen-bond acceptors (Lipinski definition) is 5. The van der Waals surface area contributed by atoms with E-state index in [2.05, 4.69) is 32.5 Å². The van der Waals surface area contributed by atoms with Crippen LogP contribution in [0.2, 0.25) is 0 Å². The van der Waals surface area contributed by atoms with Crippen molar-refractivity contribution < 1.29 is 4.74 Å². The molecule has 1 aromatic heterocycles. The van der Waals surface area contributed by atoms with Gasteiger partial charge in [0.2, 0.25) is 0 Å².